The number of carbonyl (C=O) groups is 1. The van der Waals surface area contributed by atoms with Crippen LogP contribution in [0.15, 0.2) is 59.8 Å². The Morgan fingerprint density at radius 2 is 1.81 bits per heavy atom. The number of alkyl halides is 2. The van der Waals surface area contributed by atoms with Gasteiger partial charge in [-0.2, -0.15) is 0 Å². The zero-order chi connectivity index (χ0) is 18.5. The molecule has 0 aliphatic rings. The number of amides is 1. The molecule has 0 saturated carbocycles. The van der Waals surface area contributed by atoms with Gasteiger partial charge in [-0.15, -0.1) is 10.2 Å². The number of aromatic nitrogens is 3. The van der Waals surface area contributed by atoms with Crippen molar-refractivity contribution in [1.29, 1.82) is 0 Å². The number of thioether (sulfide) groups is 1. The number of halogens is 2. The van der Waals surface area contributed by atoms with E-state index < -0.39 is 6.43 Å². The van der Waals surface area contributed by atoms with Crippen LogP contribution in [0.1, 0.15) is 12.0 Å². The van der Waals surface area contributed by atoms with Crippen LogP contribution in [-0.2, 0) is 11.8 Å². The molecular weight excluding hydrogens is 358 g/mol. The summed E-state index contributed by atoms with van der Waals surface area (Å²) in [5, 5.41) is 11.3. The summed E-state index contributed by atoms with van der Waals surface area (Å²) in [6.45, 7) is 0. The van der Waals surface area contributed by atoms with Gasteiger partial charge in [0.15, 0.2) is 11.0 Å². The normalized spacial score (nSPS) is 10.9. The van der Waals surface area contributed by atoms with Crippen molar-refractivity contribution in [3.8, 4) is 11.4 Å². The fourth-order valence-electron chi connectivity index (χ4n) is 2.40. The second-order valence-corrected chi connectivity index (χ2v) is 6.40. The molecule has 8 heteroatoms. The van der Waals surface area contributed by atoms with Gasteiger partial charge in [-0.1, -0.05) is 60.3 Å². The second kappa shape index (κ2) is 8.09. The lowest BCUT2D eigenvalue weighted by Gasteiger charge is -2.10. The van der Waals surface area contributed by atoms with Crippen molar-refractivity contribution in [3.05, 3.63) is 60.2 Å². The molecule has 1 amide bonds. The number of carbonyl (C=O) groups excluding carboxylic acids is 1. The highest BCUT2D eigenvalue weighted by Crippen LogP contribution is 2.27. The van der Waals surface area contributed by atoms with E-state index in [1.807, 2.05) is 37.4 Å². The molecule has 1 aromatic heterocycles. The van der Waals surface area contributed by atoms with Gasteiger partial charge in [0.1, 0.15) is 0 Å². The zero-order valence-electron chi connectivity index (χ0n) is 13.9. The minimum atomic E-state index is -2.65. The third kappa shape index (κ3) is 4.08. The summed E-state index contributed by atoms with van der Waals surface area (Å²) in [6, 6.07) is 15.4. The number of hydrogen-bond acceptors (Lipinski definition) is 4. The van der Waals surface area contributed by atoms with Gasteiger partial charge in [0.25, 0.3) is 6.43 Å². The smallest absolute Gasteiger partial charge is 0.265 e. The Labute approximate surface area is 153 Å². The molecule has 0 radical (unpaired) electrons. The largest absolute Gasteiger partial charge is 0.325 e. The van der Waals surface area contributed by atoms with E-state index in [-0.39, 0.29) is 22.9 Å². The highest BCUT2D eigenvalue weighted by atomic mass is 32.2. The summed E-state index contributed by atoms with van der Waals surface area (Å²) >= 11 is 1.19. The maximum Gasteiger partial charge on any atom is 0.265 e. The number of benzene rings is 2. The zero-order valence-corrected chi connectivity index (χ0v) is 14.7. The highest BCUT2D eigenvalue weighted by Gasteiger charge is 2.16. The molecule has 0 spiro atoms. The molecule has 0 aliphatic carbocycles. The number of anilines is 1. The summed E-state index contributed by atoms with van der Waals surface area (Å²) in [6.07, 6.45) is -2.65. The van der Waals surface area contributed by atoms with Gasteiger partial charge in [-0.05, 0) is 6.07 Å². The Kier molecular flexibility index (Phi) is 5.62. The Morgan fingerprint density at radius 3 is 2.54 bits per heavy atom. The molecule has 1 heterocycles. The van der Waals surface area contributed by atoms with Crippen LogP contribution in [-0.4, -0.2) is 26.4 Å². The van der Waals surface area contributed by atoms with Crippen molar-refractivity contribution in [2.45, 2.75) is 11.6 Å². The maximum atomic E-state index is 13.0. The Hall–Kier alpha value is -2.74. The van der Waals surface area contributed by atoms with Gasteiger partial charge < -0.3 is 9.88 Å². The van der Waals surface area contributed by atoms with Crippen LogP contribution in [0.25, 0.3) is 11.4 Å². The van der Waals surface area contributed by atoms with Crippen LogP contribution in [0, 0.1) is 0 Å². The standard InChI is InChI=1S/C18H16F2N4OS/c1-24-17(12-7-3-2-4-8-12)22-23-18(24)26-11-15(25)21-14-10-6-5-9-13(14)16(19)20/h2-10,16H,11H2,1H3,(H,21,25). The molecule has 134 valence electrons. The summed E-state index contributed by atoms with van der Waals surface area (Å²) in [5.74, 6) is 0.349. The molecule has 3 aromatic rings. The highest BCUT2D eigenvalue weighted by molar-refractivity contribution is 7.99. The molecule has 5 nitrogen and oxygen atoms in total. The quantitative estimate of drug-likeness (QED) is 0.659. The minimum Gasteiger partial charge on any atom is -0.325 e. The lowest BCUT2D eigenvalue weighted by Crippen LogP contribution is -2.15. The lowest BCUT2D eigenvalue weighted by molar-refractivity contribution is -0.113. The third-order valence-electron chi connectivity index (χ3n) is 3.67. The summed E-state index contributed by atoms with van der Waals surface area (Å²) in [5.41, 5.74) is 0.844. The van der Waals surface area contributed by atoms with Gasteiger partial charge >= 0.3 is 0 Å². The van der Waals surface area contributed by atoms with E-state index in [9.17, 15) is 13.6 Å². The van der Waals surface area contributed by atoms with E-state index in [4.69, 9.17) is 0 Å². The van der Waals surface area contributed by atoms with E-state index >= 15 is 0 Å². The fraction of sp³-hybridized carbons (Fsp3) is 0.167. The minimum absolute atomic E-state index is 0.0400. The number of para-hydroxylation sites is 1. The van der Waals surface area contributed by atoms with Gasteiger partial charge in [-0.25, -0.2) is 8.78 Å². The van der Waals surface area contributed by atoms with Crippen molar-refractivity contribution in [2.24, 2.45) is 7.05 Å². The maximum absolute atomic E-state index is 13.0. The third-order valence-corrected chi connectivity index (χ3v) is 4.69. The first-order valence-electron chi connectivity index (χ1n) is 7.81. The molecule has 0 saturated heterocycles. The number of hydrogen-bond donors (Lipinski definition) is 1. The first kappa shape index (κ1) is 18.1. The van der Waals surface area contributed by atoms with E-state index in [0.29, 0.717) is 11.0 Å². The van der Waals surface area contributed by atoms with Crippen molar-refractivity contribution in [2.75, 3.05) is 11.1 Å². The first-order chi connectivity index (χ1) is 12.6. The summed E-state index contributed by atoms with van der Waals surface area (Å²) < 4.78 is 27.7. The summed E-state index contributed by atoms with van der Waals surface area (Å²) in [7, 11) is 1.81. The molecule has 3 rings (SSSR count). The van der Waals surface area contributed by atoms with Crippen LogP contribution >= 0.6 is 11.8 Å². The van der Waals surface area contributed by atoms with Crippen LogP contribution in [0.3, 0.4) is 0 Å². The average molecular weight is 374 g/mol. The molecule has 0 bridgehead atoms. The predicted octanol–water partition coefficient (Wildman–Crippen LogP) is 4.15. The van der Waals surface area contributed by atoms with Gasteiger partial charge in [0.2, 0.25) is 5.91 Å². The Balaban J connectivity index is 1.65. The topological polar surface area (TPSA) is 59.8 Å². The number of nitrogens with one attached hydrogen (secondary N) is 1. The van der Waals surface area contributed by atoms with Crippen LogP contribution in [0.2, 0.25) is 0 Å². The monoisotopic (exact) mass is 374 g/mol. The molecule has 0 aliphatic heterocycles. The van der Waals surface area contributed by atoms with E-state index in [1.165, 1.54) is 30.0 Å². The van der Waals surface area contributed by atoms with Crippen molar-refractivity contribution < 1.29 is 13.6 Å². The fourth-order valence-corrected chi connectivity index (χ4v) is 3.11. The molecule has 1 N–H and O–H groups in total. The molecule has 0 atom stereocenters. The van der Waals surface area contributed by atoms with Crippen LogP contribution in [0.4, 0.5) is 14.5 Å². The first-order valence-corrected chi connectivity index (χ1v) is 8.79. The Bertz CT molecular complexity index is 899. The molecule has 2 aromatic carbocycles. The number of nitrogens with zero attached hydrogens (tertiary/aromatic N) is 3. The number of rotatable bonds is 6. The van der Waals surface area contributed by atoms with Crippen molar-refractivity contribution in [3.63, 3.8) is 0 Å². The Morgan fingerprint density at radius 1 is 1.12 bits per heavy atom. The van der Waals surface area contributed by atoms with Crippen molar-refractivity contribution >= 4 is 23.4 Å². The van der Waals surface area contributed by atoms with Gasteiger partial charge in [-0.3, -0.25) is 4.79 Å². The van der Waals surface area contributed by atoms with E-state index in [1.54, 1.807) is 10.6 Å². The van der Waals surface area contributed by atoms with Crippen LogP contribution < -0.4 is 5.32 Å². The summed E-state index contributed by atoms with van der Waals surface area (Å²) in [4.78, 5) is 12.1. The molecular formula is C18H16F2N4OS. The predicted molar refractivity (Wildman–Crippen MR) is 97.2 cm³/mol. The van der Waals surface area contributed by atoms with E-state index in [2.05, 4.69) is 15.5 Å². The second-order valence-electron chi connectivity index (χ2n) is 5.46. The van der Waals surface area contributed by atoms with E-state index in [0.717, 1.165) is 5.56 Å². The molecule has 0 unspecified atom stereocenters. The molecule has 0 fully saturated rings. The van der Waals surface area contributed by atoms with Crippen LogP contribution in [0.5, 0.6) is 0 Å². The van der Waals surface area contributed by atoms with Crippen molar-refractivity contribution in [1.82, 2.24) is 14.8 Å². The molecule has 26 heavy (non-hydrogen) atoms. The lowest BCUT2D eigenvalue weighted by atomic mass is 10.2. The van der Waals surface area contributed by atoms with Gasteiger partial charge in [0, 0.05) is 23.9 Å². The van der Waals surface area contributed by atoms with Gasteiger partial charge in [0.05, 0.1) is 5.75 Å². The average Bonchev–Trinajstić information content (AvgIpc) is 3.01. The SMILES string of the molecule is Cn1c(SCC(=O)Nc2ccccc2C(F)F)nnc1-c1ccccc1.